The van der Waals surface area contributed by atoms with Gasteiger partial charge in [-0.25, -0.2) is 9.59 Å². The van der Waals surface area contributed by atoms with Crippen LogP contribution in [0, 0.1) is 35.5 Å². The number of esters is 2. The van der Waals surface area contributed by atoms with Crippen LogP contribution in [0.15, 0.2) is 97.1 Å². The van der Waals surface area contributed by atoms with E-state index in [2.05, 4.69) is 99.3 Å². The number of carbonyl (C=O) groups excluding carboxylic acids is 2. The van der Waals surface area contributed by atoms with Gasteiger partial charge in [-0.1, -0.05) is 81.4 Å². The molecule has 0 heterocycles. The van der Waals surface area contributed by atoms with Crippen LogP contribution in [-0.2, 0) is 29.9 Å². The summed E-state index contributed by atoms with van der Waals surface area (Å²) < 4.78 is 16.4. The van der Waals surface area contributed by atoms with Crippen LogP contribution < -0.4 is 23.3 Å². The molecule has 8 aliphatic carbocycles. The zero-order valence-electron chi connectivity index (χ0n) is 41.3. The molecule has 4 aromatic carbocycles. The van der Waals surface area contributed by atoms with Gasteiger partial charge in [0.15, 0.2) is 0 Å². The summed E-state index contributed by atoms with van der Waals surface area (Å²) in [5.74, 6) is 6.15. The second kappa shape index (κ2) is 20.0. The minimum absolute atomic E-state index is 0. The number of benzene rings is 4. The van der Waals surface area contributed by atoms with Gasteiger partial charge in [0.25, 0.3) is 0 Å². The van der Waals surface area contributed by atoms with E-state index in [9.17, 15) is 14.7 Å². The van der Waals surface area contributed by atoms with Crippen LogP contribution in [0.2, 0.25) is 18.1 Å². The first-order valence-electron chi connectivity index (χ1n) is 24.4. The van der Waals surface area contributed by atoms with E-state index in [1.54, 1.807) is 12.2 Å². The van der Waals surface area contributed by atoms with Gasteiger partial charge in [-0.2, -0.15) is 0 Å². The zero-order chi connectivity index (χ0) is 45.7. The summed E-state index contributed by atoms with van der Waals surface area (Å²) in [6.07, 6.45) is 22.7. The second-order valence-electron chi connectivity index (χ2n) is 22.7. The summed E-state index contributed by atoms with van der Waals surface area (Å²) in [7, 11) is 0.813. The Labute approximate surface area is 412 Å². The van der Waals surface area contributed by atoms with E-state index < -0.39 is 8.32 Å². The molecule has 0 aliphatic heterocycles. The molecule has 350 valence electrons. The van der Waals surface area contributed by atoms with Gasteiger partial charge in [0.1, 0.15) is 11.5 Å². The molecule has 0 spiro atoms. The minimum atomic E-state index is -1.96. The van der Waals surface area contributed by atoms with Crippen molar-refractivity contribution in [1.29, 1.82) is 0 Å². The van der Waals surface area contributed by atoms with Crippen LogP contribution in [0.25, 0.3) is 34.4 Å². The Bertz CT molecular complexity index is 2390. The van der Waals surface area contributed by atoms with Gasteiger partial charge in [-0.05, 0) is 217 Å². The Morgan fingerprint density at radius 3 is 1.28 bits per heavy atom. The molecule has 4 aromatic rings. The van der Waals surface area contributed by atoms with Gasteiger partial charge in [-0.15, -0.1) is 0 Å². The SMILES string of the molecule is COC(=O)/C=C/c1ccc(-c2ccc(O)c(C34CC5CC(CC(C5)C3)C4)c2)cc1.COC(=O)/C=C/c1ccc(-c2ccc(O[Si](C)(C)C(C)(C)C)c(C34CC5CC(CC(C5)C3)C4)c2)cc1.[Li+].[OH-]. The van der Waals surface area contributed by atoms with Gasteiger partial charge >= 0.3 is 30.8 Å². The molecule has 0 saturated heterocycles. The van der Waals surface area contributed by atoms with Gasteiger partial charge in [0.05, 0.1) is 14.2 Å². The monoisotopic (exact) mass is 915 g/mol. The Balaban J connectivity index is 0.000000197. The van der Waals surface area contributed by atoms with Crippen molar-refractivity contribution in [1.82, 2.24) is 0 Å². The quantitative estimate of drug-likeness (QED) is 0.0958. The predicted octanol–water partition coefficient (Wildman–Crippen LogP) is 10.9. The third kappa shape index (κ3) is 10.6. The summed E-state index contributed by atoms with van der Waals surface area (Å²) in [6.45, 7) is 11.7. The average molecular weight is 915 g/mol. The normalized spacial score (nSPS) is 27.7. The van der Waals surface area contributed by atoms with E-state index in [0.29, 0.717) is 5.75 Å². The summed E-state index contributed by atoms with van der Waals surface area (Å²) in [4.78, 5) is 22.7. The minimum Gasteiger partial charge on any atom is -0.870 e. The van der Waals surface area contributed by atoms with Crippen LogP contribution in [0.3, 0.4) is 0 Å². The van der Waals surface area contributed by atoms with E-state index in [1.807, 2.05) is 24.3 Å². The van der Waals surface area contributed by atoms with Gasteiger partial charge in [0, 0.05) is 17.7 Å². The molecule has 8 bridgehead atoms. The molecular formula is C58H71LiO7Si. The first kappa shape index (κ1) is 50.5. The van der Waals surface area contributed by atoms with Crippen molar-refractivity contribution >= 4 is 32.4 Å². The van der Waals surface area contributed by atoms with Crippen molar-refractivity contribution in [2.75, 3.05) is 14.2 Å². The number of carbonyl (C=O) groups is 2. The van der Waals surface area contributed by atoms with Crippen LogP contribution in [-0.4, -0.2) is 45.1 Å². The number of phenolic OH excluding ortho intramolecular Hbond substituents is 1. The molecule has 0 radical (unpaired) electrons. The molecule has 8 saturated carbocycles. The van der Waals surface area contributed by atoms with Gasteiger partial charge in [-0.3, -0.25) is 0 Å². The number of rotatable bonds is 10. The van der Waals surface area contributed by atoms with E-state index in [4.69, 9.17) is 9.16 Å². The third-order valence-electron chi connectivity index (χ3n) is 17.1. The zero-order valence-corrected chi connectivity index (χ0v) is 42.3. The second-order valence-corrected chi connectivity index (χ2v) is 27.4. The summed E-state index contributed by atoms with van der Waals surface area (Å²) in [5, 5.41) is 10.9. The fourth-order valence-electron chi connectivity index (χ4n) is 13.7. The molecule has 0 amide bonds. The molecule has 2 N–H and O–H groups in total. The molecule has 9 heteroatoms. The summed E-state index contributed by atoms with van der Waals surface area (Å²) >= 11 is 0. The molecule has 67 heavy (non-hydrogen) atoms. The van der Waals surface area contributed by atoms with Crippen LogP contribution in [0.4, 0.5) is 0 Å². The Morgan fingerprint density at radius 1 is 0.567 bits per heavy atom. The van der Waals surface area contributed by atoms with Crippen molar-refractivity contribution in [3.05, 3.63) is 119 Å². The van der Waals surface area contributed by atoms with Crippen molar-refractivity contribution < 1.29 is 52.9 Å². The average Bonchev–Trinajstić information content (AvgIpc) is 3.27. The smallest absolute Gasteiger partial charge is 0.870 e. The Morgan fingerprint density at radius 2 is 0.910 bits per heavy atom. The fraction of sp³-hybridized carbons (Fsp3) is 0.483. The van der Waals surface area contributed by atoms with Crippen LogP contribution in [0.1, 0.15) is 120 Å². The maximum absolute atomic E-state index is 11.4. The molecule has 0 atom stereocenters. The van der Waals surface area contributed by atoms with Crippen molar-refractivity contribution in [2.45, 2.75) is 127 Å². The number of hydrogen-bond acceptors (Lipinski definition) is 7. The molecule has 7 nitrogen and oxygen atoms in total. The number of aromatic hydroxyl groups is 1. The van der Waals surface area contributed by atoms with Crippen LogP contribution >= 0.6 is 0 Å². The summed E-state index contributed by atoms with van der Waals surface area (Å²) in [6, 6.07) is 29.7. The number of phenols is 1. The van der Waals surface area contributed by atoms with Gasteiger partial charge < -0.3 is 24.5 Å². The topological polar surface area (TPSA) is 112 Å². The maximum atomic E-state index is 11.4. The maximum Gasteiger partial charge on any atom is 1.00 e. The third-order valence-corrected chi connectivity index (χ3v) is 21.4. The Hall–Kier alpha value is -4.33. The first-order chi connectivity index (χ1) is 31.0. The van der Waals surface area contributed by atoms with E-state index >= 15 is 0 Å². The van der Waals surface area contributed by atoms with E-state index in [0.717, 1.165) is 63.5 Å². The van der Waals surface area contributed by atoms with Crippen molar-refractivity contribution in [3.8, 4) is 33.8 Å². The Kier molecular flexibility index (Phi) is 15.1. The molecule has 0 unspecified atom stereocenters. The molecule has 0 aromatic heterocycles. The first-order valence-corrected chi connectivity index (χ1v) is 27.3. The number of ether oxygens (including phenoxy) is 2. The van der Waals surface area contributed by atoms with E-state index in [-0.39, 0.29) is 52.1 Å². The van der Waals surface area contributed by atoms with E-state index in [1.165, 1.54) is 126 Å². The number of hydrogen-bond donors (Lipinski definition) is 1. The fourth-order valence-corrected chi connectivity index (χ4v) is 14.7. The molecule has 12 rings (SSSR count). The molecule has 8 aliphatic rings. The standard InChI is InChI=1S/C32H42O3Si.C26H28O3.Li.H2O/c1-31(2,3)36(5,6)35-29-13-12-27(26-10-7-22(8-11-26)9-14-30(33)34-4)18-28(29)32-19-23-15-24(20-32)17-25(16-23)21-32;1-29-25(28)9-4-17-2-5-21(6-3-17)22-7-8-24(27)23(13-22)26-14-18-10-19(15-26)12-20(11-18)16-26;;/h7-14,18,23-25H,15-17,19-21H2,1-6H3;2-9,13,18-20,27H,10-12,14-16H2,1H3;;1H2/q;;+1;/p-1/b14-9+;9-4+;;. The molecular weight excluding hydrogens is 844 g/mol. The number of methoxy groups -OCH3 is 2. The molecule has 8 fully saturated rings. The van der Waals surface area contributed by atoms with Crippen molar-refractivity contribution in [2.24, 2.45) is 35.5 Å². The van der Waals surface area contributed by atoms with Crippen molar-refractivity contribution in [3.63, 3.8) is 0 Å². The van der Waals surface area contributed by atoms with Gasteiger partial charge in [0.2, 0.25) is 8.32 Å². The van der Waals surface area contributed by atoms with Crippen LogP contribution in [0.5, 0.6) is 11.5 Å². The largest absolute Gasteiger partial charge is 1.00 e. The summed E-state index contributed by atoms with van der Waals surface area (Å²) in [5.41, 5.74) is 9.78. The predicted molar refractivity (Wildman–Crippen MR) is 267 cm³/mol.